The highest BCUT2D eigenvalue weighted by molar-refractivity contribution is 6.06. The zero-order valence-electron chi connectivity index (χ0n) is 17.7. The second-order valence-corrected chi connectivity index (χ2v) is 8.20. The fraction of sp³-hybridized carbons (Fsp3) is 0.375. The third kappa shape index (κ3) is 3.96. The molecule has 1 fully saturated rings. The number of nitriles is 1. The Morgan fingerprint density at radius 3 is 2.66 bits per heavy atom. The van der Waals surface area contributed by atoms with Crippen molar-refractivity contribution in [2.24, 2.45) is 0 Å². The van der Waals surface area contributed by atoms with E-state index in [1.807, 2.05) is 0 Å². The van der Waals surface area contributed by atoms with Crippen LogP contribution in [-0.4, -0.2) is 42.8 Å². The van der Waals surface area contributed by atoms with Crippen molar-refractivity contribution in [2.45, 2.75) is 31.6 Å². The third-order valence-electron chi connectivity index (χ3n) is 6.37. The molecule has 2 aromatic rings. The first-order chi connectivity index (χ1) is 15.3. The summed E-state index contributed by atoms with van der Waals surface area (Å²) in [7, 11) is 0. The van der Waals surface area contributed by atoms with Crippen LogP contribution in [0.3, 0.4) is 0 Å². The maximum Gasteiger partial charge on any atom is 0.264 e. The zero-order valence-corrected chi connectivity index (χ0v) is 17.7. The van der Waals surface area contributed by atoms with Crippen LogP contribution in [0.1, 0.15) is 53.2 Å². The lowest BCUT2D eigenvalue weighted by atomic mass is 9.73. The largest absolute Gasteiger partial charge is 0.492 e. The number of fused-ring (bicyclic) bond motifs is 2. The molecule has 8 heteroatoms. The number of carbonyl (C=O) groups is 2. The van der Waals surface area contributed by atoms with Gasteiger partial charge in [-0.25, -0.2) is 8.78 Å². The molecule has 0 bridgehead atoms. The highest BCUT2D eigenvalue weighted by Gasteiger charge is 2.48. The van der Waals surface area contributed by atoms with Gasteiger partial charge in [-0.3, -0.25) is 14.5 Å². The SMILES string of the molecule is CC(=O)c1ccc(OCCN2CCC3(CC2)C(=O)Nc2ccc(C#N)cc23)cc1C(F)F. The molecule has 0 unspecified atom stereocenters. The summed E-state index contributed by atoms with van der Waals surface area (Å²) in [5, 5.41) is 12.1. The summed E-state index contributed by atoms with van der Waals surface area (Å²) in [4.78, 5) is 26.4. The molecule has 32 heavy (non-hydrogen) atoms. The Hall–Kier alpha value is -3.31. The Bertz CT molecular complexity index is 1100. The minimum absolute atomic E-state index is 0.00311. The van der Waals surface area contributed by atoms with E-state index in [9.17, 15) is 23.6 Å². The first-order valence-corrected chi connectivity index (χ1v) is 10.5. The second-order valence-electron chi connectivity index (χ2n) is 8.20. The molecule has 1 spiro atoms. The molecule has 2 aromatic carbocycles. The number of ether oxygens (including phenoxy) is 1. The standard InChI is InChI=1S/C24H23F2N3O3/c1-15(30)18-4-3-17(13-19(18)22(25)26)32-11-10-29-8-6-24(7-9-29)20-12-16(14-27)2-5-21(20)28-23(24)31/h2-5,12-13,22H,6-11H2,1H3,(H,28,31). The Morgan fingerprint density at radius 1 is 1.25 bits per heavy atom. The van der Waals surface area contributed by atoms with Crippen LogP contribution in [0.25, 0.3) is 0 Å². The van der Waals surface area contributed by atoms with Gasteiger partial charge in [-0.15, -0.1) is 0 Å². The van der Waals surface area contributed by atoms with E-state index in [2.05, 4.69) is 16.3 Å². The average Bonchev–Trinajstić information content (AvgIpc) is 3.05. The van der Waals surface area contributed by atoms with Crippen LogP contribution in [0.4, 0.5) is 14.5 Å². The van der Waals surface area contributed by atoms with Crippen molar-refractivity contribution < 1.29 is 23.1 Å². The number of nitrogens with one attached hydrogen (secondary N) is 1. The minimum Gasteiger partial charge on any atom is -0.492 e. The normalized spacial score (nSPS) is 17.2. The molecule has 2 heterocycles. The van der Waals surface area contributed by atoms with Gasteiger partial charge in [0.2, 0.25) is 5.91 Å². The van der Waals surface area contributed by atoms with E-state index in [0.29, 0.717) is 50.4 Å². The van der Waals surface area contributed by atoms with Gasteiger partial charge in [0.25, 0.3) is 6.43 Å². The molecule has 1 amide bonds. The van der Waals surface area contributed by atoms with Crippen molar-refractivity contribution in [2.75, 3.05) is 31.6 Å². The number of likely N-dealkylation sites (tertiary alicyclic amines) is 1. The van der Waals surface area contributed by atoms with E-state index in [1.54, 1.807) is 18.2 Å². The van der Waals surface area contributed by atoms with E-state index in [-0.39, 0.29) is 17.0 Å². The number of rotatable bonds is 6. The Morgan fingerprint density at radius 2 is 2.00 bits per heavy atom. The maximum absolute atomic E-state index is 13.2. The molecule has 166 valence electrons. The second kappa shape index (κ2) is 8.67. The lowest BCUT2D eigenvalue weighted by Crippen LogP contribution is -2.47. The number of Topliss-reactive ketones (excluding diaryl/α,β-unsaturated/α-hetero) is 1. The van der Waals surface area contributed by atoms with Gasteiger partial charge in [0.15, 0.2) is 5.78 Å². The molecule has 1 saturated heterocycles. The number of alkyl halides is 2. The summed E-state index contributed by atoms with van der Waals surface area (Å²) in [6.45, 7) is 3.50. The van der Waals surface area contributed by atoms with Gasteiger partial charge in [-0.05, 0) is 74.8 Å². The molecule has 4 rings (SSSR count). The summed E-state index contributed by atoms with van der Waals surface area (Å²) in [5.41, 5.74) is 1.27. The van der Waals surface area contributed by atoms with Crippen LogP contribution in [-0.2, 0) is 10.2 Å². The quantitative estimate of drug-likeness (QED) is 0.687. The summed E-state index contributed by atoms with van der Waals surface area (Å²) < 4.78 is 32.1. The van der Waals surface area contributed by atoms with Crippen molar-refractivity contribution in [1.82, 2.24) is 4.90 Å². The fourth-order valence-electron chi connectivity index (χ4n) is 4.56. The summed E-state index contributed by atoms with van der Waals surface area (Å²) in [5.74, 6) is -0.135. The van der Waals surface area contributed by atoms with Gasteiger partial charge >= 0.3 is 0 Å². The van der Waals surface area contributed by atoms with Crippen molar-refractivity contribution in [3.63, 3.8) is 0 Å². The van der Waals surface area contributed by atoms with Crippen LogP contribution >= 0.6 is 0 Å². The van der Waals surface area contributed by atoms with Crippen LogP contribution in [0.15, 0.2) is 36.4 Å². The molecular formula is C24H23F2N3O3. The zero-order chi connectivity index (χ0) is 22.9. The Kier molecular flexibility index (Phi) is 5.94. The molecule has 0 saturated carbocycles. The van der Waals surface area contributed by atoms with Gasteiger partial charge in [0.05, 0.1) is 17.0 Å². The van der Waals surface area contributed by atoms with Crippen molar-refractivity contribution in [3.8, 4) is 11.8 Å². The number of halogens is 2. The van der Waals surface area contributed by atoms with Gasteiger partial charge in [0, 0.05) is 23.4 Å². The predicted molar refractivity (Wildman–Crippen MR) is 114 cm³/mol. The minimum atomic E-state index is -2.75. The maximum atomic E-state index is 13.2. The predicted octanol–water partition coefficient (Wildman–Crippen LogP) is 4.06. The lowest BCUT2D eigenvalue weighted by Gasteiger charge is -2.38. The van der Waals surface area contributed by atoms with Crippen LogP contribution in [0.2, 0.25) is 0 Å². The van der Waals surface area contributed by atoms with Gasteiger partial charge in [-0.2, -0.15) is 5.26 Å². The number of hydrogen-bond acceptors (Lipinski definition) is 5. The number of anilines is 1. The topological polar surface area (TPSA) is 82.4 Å². The average molecular weight is 439 g/mol. The van der Waals surface area contributed by atoms with E-state index in [1.165, 1.54) is 25.1 Å². The fourth-order valence-corrected chi connectivity index (χ4v) is 4.56. The number of nitrogens with zero attached hydrogens (tertiary/aromatic N) is 2. The van der Waals surface area contributed by atoms with Gasteiger partial charge in [-0.1, -0.05) is 0 Å². The number of carbonyl (C=O) groups excluding carboxylic acids is 2. The molecule has 1 N–H and O–H groups in total. The molecule has 0 atom stereocenters. The van der Waals surface area contributed by atoms with Crippen molar-refractivity contribution in [1.29, 1.82) is 5.26 Å². The molecule has 6 nitrogen and oxygen atoms in total. The third-order valence-corrected chi connectivity index (χ3v) is 6.37. The van der Waals surface area contributed by atoms with E-state index >= 15 is 0 Å². The number of amides is 1. The number of benzene rings is 2. The Labute approximate surface area is 184 Å². The van der Waals surface area contributed by atoms with E-state index < -0.39 is 17.6 Å². The first kappa shape index (κ1) is 21.9. The molecule has 0 aliphatic carbocycles. The van der Waals surface area contributed by atoms with E-state index in [0.717, 1.165) is 11.3 Å². The Balaban J connectivity index is 1.36. The summed E-state index contributed by atoms with van der Waals surface area (Å²) in [6.07, 6.45) is -1.50. The van der Waals surface area contributed by atoms with Gasteiger partial charge < -0.3 is 10.1 Å². The van der Waals surface area contributed by atoms with E-state index in [4.69, 9.17) is 4.74 Å². The number of hydrogen-bond donors (Lipinski definition) is 1. The molecule has 2 aliphatic rings. The molecule has 2 aliphatic heterocycles. The first-order valence-electron chi connectivity index (χ1n) is 10.5. The van der Waals surface area contributed by atoms with Crippen LogP contribution in [0.5, 0.6) is 5.75 Å². The summed E-state index contributed by atoms with van der Waals surface area (Å²) >= 11 is 0. The highest BCUT2D eigenvalue weighted by Crippen LogP contribution is 2.45. The molecule has 0 radical (unpaired) electrons. The molecular weight excluding hydrogens is 416 g/mol. The monoisotopic (exact) mass is 439 g/mol. The van der Waals surface area contributed by atoms with Crippen LogP contribution in [0, 0.1) is 11.3 Å². The lowest BCUT2D eigenvalue weighted by molar-refractivity contribution is -0.122. The highest BCUT2D eigenvalue weighted by atomic mass is 19.3. The smallest absolute Gasteiger partial charge is 0.264 e. The van der Waals surface area contributed by atoms with Crippen LogP contribution < -0.4 is 10.1 Å². The summed E-state index contributed by atoms with van der Waals surface area (Å²) in [6, 6.07) is 11.5. The van der Waals surface area contributed by atoms with Crippen molar-refractivity contribution >= 4 is 17.4 Å². The van der Waals surface area contributed by atoms with Gasteiger partial charge in [0.1, 0.15) is 12.4 Å². The number of piperidine rings is 1. The van der Waals surface area contributed by atoms with Crippen molar-refractivity contribution in [3.05, 3.63) is 58.7 Å². The number of ketones is 1. The molecule has 0 aromatic heterocycles.